The molecule has 0 amide bonds. The monoisotopic (exact) mass is 418 g/mol. The van der Waals surface area contributed by atoms with E-state index in [0.717, 1.165) is 31.3 Å². The van der Waals surface area contributed by atoms with Crippen LogP contribution >= 0.6 is 0 Å². The van der Waals surface area contributed by atoms with Crippen molar-refractivity contribution in [3.05, 3.63) is 11.1 Å². The number of esters is 3. The van der Waals surface area contributed by atoms with E-state index in [1.807, 2.05) is 0 Å². The van der Waals surface area contributed by atoms with Crippen LogP contribution < -0.4 is 0 Å². The number of carbonyl (C=O) groups is 3. The number of carbonyl (C=O) groups excluding carboxylic acids is 3. The predicted molar refractivity (Wildman–Crippen MR) is 109 cm³/mol. The summed E-state index contributed by atoms with van der Waals surface area (Å²) in [5.41, 5.74) is 0.927. The van der Waals surface area contributed by atoms with E-state index in [4.69, 9.17) is 14.2 Å². The highest BCUT2D eigenvalue weighted by atomic mass is 16.6. The van der Waals surface area contributed by atoms with E-state index < -0.39 is 11.5 Å². The Morgan fingerprint density at radius 1 is 1.03 bits per heavy atom. The van der Waals surface area contributed by atoms with Gasteiger partial charge in [0, 0.05) is 37.2 Å². The fourth-order valence-electron chi connectivity index (χ4n) is 7.80. The highest BCUT2D eigenvalue weighted by Crippen LogP contribution is 2.69. The van der Waals surface area contributed by atoms with Gasteiger partial charge in [0.2, 0.25) is 0 Å². The largest absolute Gasteiger partial charge is 0.462 e. The van der Waals surface area contributed by atoms with Crippen LogP contribution in [0.5, 0.6) is 0 Å². The number of hydrogen-bond acceptors (Lipinski definition) is 6. The molecule has 2 unspecified atom stereocenters. The smallest absolute Gasteiger partial charge is 0.334 e. The van der Waals surface area contributed by atoms with E-state index >= 15 is 0 Å². The summed E-state index contributed by atoms with van der Waals surface area (Å²) in [6, 6.07) is 0. The van der Waals surface area contributed by atoms with Crippen molar-refractivity contribution in [3.8, 4) is 0 Å². The molecule has 0 saturated heterocycles. The first-order chi connectivity index (χ1) is 13.9. The fourth-order valence-corrected chi connectivity index (χ4v) is 7.80. The quantitative estimate of drug-likeness (QED) is 0.499. The SMILES string of the molecule is CC(=O)O[C@H]1CC2=C(COC2=O)[C@@]2(C)C1[C@@]1(C)CCCC(C)(C)C1C[C@@H]2OC(C)=O. The lowest BCUT2D eigenvalue weighted by atomic mass is 9.39. The van der Waals surface area contributed by atoms with E-state index in [1.54, 1.807) is 0 Å². The van der Waals surface area contributed by atoms with Gasteiger partial charge in [-0.3, -0.25) is 9.59 Å². The van der Waals surface area contributed by atoms with Crippen LogP contribution in [0.1, 0.15) is 73.6 Å². The van der Waals surface area contributed by atoms with Crippen LogP contribution in [0.2, 0.25) is 0 Å². The number of hydrogen-bond donors (Lipinski definition) is 0. The average Bonchev–Trinajstić information content (AvgIpc) is 2.97. The molecule has 0 aromatic rings. The molecule has 6 atom stereocenters. The Morgan fingerprint density at radius 3 is 2.33 bits per heavy atom. The summed E-state index contributed by atoms with van der Waals surface area (Å²) in [5.74, 6) is -0.731. The van der Waals surface area contributed by atoms with E-state index in [2.05, 4.69) is 27.7 Å². The molecule has 30 heavy (non-hydrogen) atoms. The van der Waals surface area contributed by atoms with Gasteiger partial charge in [0.1, 0.15) is 18.8 Å². The zero-order valence-corrected chi connectivity index (χ0v) is 19.0. The molecule has 6 heteroatoms. The van der Waals surface area contributed by atoms with E-state index in [0.29, 0.717) is 17.9 Å². The Hall–Kier alpha value is -1.85. The zero-order chi connectivity index (χ0) is 22.1. The maximum atomic E-state index is 12.5. The van der Waals surface area contributed by atoms with Crippen molar-refractivity contribution in [1.82, 2.24) is 0 Å². The van der Waals surface area contributed by atoms with Gasteiger partial charge in [-0.1, -0.05) is 34.1 Å². The Morgan fingerprint density at radius 2 is 1.70 bits per heavy atom. The first kappa shape index (κ1) is 21.4. The lowest BCUT2D eigenvalue weighted by molar-refractivity contribution is -0.221. The minimum Gasteiger partial charge on any atom is -0.462 e. The van der Waals surface area contributed by atoms with E-state index in [-0.39, 0.29) is 47.4 Å². The molecule has 0 bridgehead atoms. The molecule has 0 spiro atoms. The third kappa shape index (κ3) is 2.93. The molecular weight excluding hydrogens is 384 g/mol. The van der Waals surface area contributed by atoms with Crippen LogP contribution in [0.25, 0.3) is 0 Å². The molecule has 4 rings (SSSR count). The van der Waals surface area contributed by atoms with E-state index in [1.165, 1.54) is 13.8 Å². The van der Waals surface area contributed by atoms with Crippen LogP contribution in [0.15, 0.2) is 11.1 Å². The van der Waals surface area contributed by atoms with Gasteiger partial charge in [0.25, 0.3) is 0 Å². The van der Waals surface area contributed by atoms with Gasteiger partial charge >= 0.3 is 17.9 Å². The van der Waals surface area contributed by atoms with Gasteiger partial charge in [-0.25, -0.2) is 4.79 Å². The first-order valence-electron chi connectivity index (χ1n) is 11.2. The lowest BCUT2D eigenvalue weighted by Crippen LogP contribution is -2.66. The van der Waals surface area contributed by atoms with Crippen molar-refractivity contribution in [2.75, 3.05) is 6.61 Å². The Labute approximate surface area is 178 Å². The van der Waals surface area contributed by atoms with Gasteiger partial charge < -0.3 is 14.2 Å². The Bertz CT molecular complexity index is 826. The lowest BCUT2D eigenvalue weighted by Gasteiger charge is -2.66. The maximum absolute atomic E-state index is 12.5. The Balaban J connectivity index is 1.93. The summed E-state index contributed by atoms with van der Waals surface area (Å²) in [6.07, 6.45) is 3.57. The molecule has 2 saturated carbocycles. The topological polar surface area (TPSA) is 78.9 Å². The van der Waals surface area contributed by atoms with E-state index in [9.17, 15) is 14.4 Å². The minimum absolute atomic E-state index is 0.0511. The minimum atomic E-state index is -0.607. The third-order valence-corrected chi connectivity index (χ3v) is 8.76. The molecule has 1 heterocycles. The molecule has 2 fully saturated rings. The molecule has 0 N–H and O–H groups in total. The highest BCUT2D eigenvalue weighted by Gasteiger charge is 2.68. The van der Waals surface area contributed by atoms with Crippen molar-refractivity contribution in [3.63, 3.8) is 0 Å². The summed E-state index contributed by atoms with van der Waals surface area (Å²) in [6.45, 7) is 12.1. The second kappa shape index (κ2) is 6.83. The first-order valence-corrected chi connectivity index (χ1v) is 11.2. The van der Waals surface area contributed by atoms with Crippen molar-refractivity contribution in [2.45, 2.75) is 85.9 Å². The summed E-state index contributed by atoms with van der Waals surface area (Å²) in [7, 11) is 0. The van der Waals surface area contributed by atoms with Crippen molar-refractivity contribution < 1.29 is 28.6 Å². The van der Waals surface area contributed by atoms with Gasteiger partial charge in [-0.15, -0.1) is 0 Å². The summed E-state index contributed by atoms with van der Waals surface area (Å²) in [5, 5.41) is 0. The van der Waals surface area contributed by atoms with Crippen LogP contribution in [0.3, 0.4) is 0 Å². The summed E-state index contributed by atoms with van der Waals surface area (Å²) >= 11 is 0. The third-order valence-electron chi connectivity index (χ3n) is 8.76. The molecular formula is C24H34O6. The molecule has 1 aliphatic heterocycles. The van der Waals surface area contributed by atoms with Crippen molar-refractivity contribution >= 4 is 17.9 Å². The molecule has 4 aliphatic rings. The molecule has 3 aliphatic carbocycles. The highest BCUT2D eigenvalue weighted by molar-refractivity contribution is 5.92. The van der Waals surface area contributed by atoms with Crippen LogP contribution in [-0.4, -0.2) is 36.7 Å². The predicted octanol–water partition coefficient (Wildman–Crippen LogP) is 3.97. The van der Waals surface area contributed by atoms with Crippen molar-refractivity contribution in [2.24, 2.45) is 28.1 Å². The number of ether oxygens (including phenoxy) is 3. The fraction of sp³-hybridized carbons (Fsp3) is 0.792. The number of rotatable bonds is 2. The molecule has 6 nitrogen and oxygen atoms in total. The van der Waals surface area contributed by atoms with Crippen LogP contribution in [0, 0.1) is 28.1 Å². The van der Waals surface area contributed by atoms with Gasteiger partial charge in [0.05, 0.1) is 0 Å². The Kier molecular flexibility index (Phi) is 4.87. The van der Waals surface area contributed by atoms with Crippen LogP contribution in [0.4, 0.5) is 0 Å². The molecule has 0 aromatic heterocycles. The standard InChI is InChI=1S/C24H34O6/c1-13(25)29-17-10-15-16(12-28-21(15)27)24(6)19(30-14(2)26)11-18-22(3,4)8-7-9-23(18,5)20(17)24/h17-20H,7-12H2,1-6H3/t17-,18?,19-,20?,23-,24+/m0/s1. The second-order valence-electron chi connectivity index (χ2n) is 10.9. The van der Waals surface area contributed by atoms with Gasteiger partial charge in [0.15, 0.2) is 0 Å². The molecule has 0 aromatic carbocycles. The molecule has 0 radical (unpaired) electrons. The molecule has 166 valence electrons. The zero-order valence-electron chi connectivity index (χ0n) is 19.0. The average molecular weight is 419 g/mol. The maximum Gasteiger partial charge on any atom is 0.334 e. The van der Waals surface area contributed by atoms with Crippen molar-refractivity contribution in [1.29, 1.82) is 0 Å². The number of fused-ring (bicyclic) bond motifs is 4. The number of cyclic esters (lactones) is 1. The summed E-state index contributed by atoms with van der Waals surface area (Å²) < 4.78 is 17.3. The summed E-state index contributed by atoms with van der Waals surface area (Å²) in [4.78, 5) is 36.7. The van der Waals surface area contributed by atoms with Gasteiger partial charge in [-0.05, 0) is 41.6 Å². The van der Waals surface area contributed by atoms with Gasteiger partial charge in [-0.2, -0.15) is 0 Å². The second-order valence-corrected chi connectivity index (χ2v) is 10.9. The van der Waals surface area contributed by atoms with Crippen LogP contribution in [-0.2, 0) is 28.6 Å². The normalized spacial score (nSPS) is 41.9.